The number of H-pyrrole nitrogens is 1. The molecule has 0 saturated carbocycles. The molecule has 0 aliphatic heterocycles. The fraction of sp³-hybridized carbons (Fsp3) is 0.267. The Balaban J connectivity index is 2.12. The number of rotatable bonds is 6. The first-order chi connectivity index (χ1) is 11.3. The van der Waals surface area contributed by atoms with Crippen molar-refractivity contribution in [2.45, 2.75) is 25.2 Å². The van der Waals surface area contributed by atoms with Crippen molar-refractivity contribution in [1.29, 1.82) is 5.26 Å². The molecule has 24 heavy (non-hydrogen) atoms. The number of carbonyl (C=O) groups excluding carboxylic acids is 1. The van der Waals surface area contributed by atoms with E-state index in [0.29, 0.717) is 16.9 Å². The predicted molar refractivity (Wildman–Crippen MR) is 87.9 cm³/mol. The number of carbonyl (C=O) groups is 1. The van der Waals surface area contributed by atoms with E-state index in [1.165, 1.54) is 24.3 Å². The van der Waals surface area contributed by atoms with Crippen molar-refractivity contribution in [2.75, 3.05) is 11.9 Å². The molecule has 8 nitrogen and oxygen atoms in total. The Morgan fingerprint density at radius 1 is 1.29 bits per heavy atom. The Hall–Kier alpha value is -2.70. The minimum Gasteiger partial charge on any atom is -0.319 e. The second-order valence-corrected chi connectivity index (χ2v) is 6.86. The van der Waals surface area contributed by atoms with Gasteiger partial charge >= 0.3 is 0 Å². The summed E-state index contributed by atoms with van der Waals surface area (Å²) in [6, 6.07) is 7.41. The van der Waals surface area contributed by atoms with Crippen LogP contribution in [-0.2, 0) is 10.0 Å². The van der Waals surface area contributed by atoms with Crippen molar-refractivity contribution in [1.82, 2.24) is 14.9 Å². The highest BCUT2D eigenvalue weighted by atomic mass is 32.2. The zero-order valence-corrected chi connectivity index (χ0v) is 14.1. The van der Waals surface area contributed by atoms with Crippen molar-refractivity contribution in [3.63, 3.8) is 0 Å². The maximum atomic E-state index is 12.2. The van der Waals surface area contributed by atoms with Gasteiger partial charge in [-0.3, -0.25) is 9.89 Å². The lowest BCUT2D eigenvalue weighted by Gasteiger charge is -2.07. The molecule has 0 radical (unpaired) electrons. The second kappa shape index (κ2) is 7.25. The minimum absolute atomic E-state index is 0.0349. The maximum Gasteiger partial charge on any atom is 0.255 e. The summed E-state index contributed by atoms with van der Waals surface area (Å²) in [5.74, 6) is -0.357. The maximum absolute atomic E-state index is 12.2. The number of sulfonamides is 1. The van der Waals surface area contributed by atoms with Crippen molar-refractivity contribution in [2.24, 2.45) is 0 Å². The topological polar surface area (TPSA) is 128 Å². The van der Waals surface area contributed by atoms with E-state index in [4.69, 9.17) is 5.26 Å². The van der Waals surface area contributed by atoms with E-state index in [0.717, 1.165) is 5.69 Å². The largest absolute Gasteiger partial charge is 0.319 e. The van der Waals surface area contributed by atoms with Crippen LogP contribution in [-0.4, -0.2) is 31.1 Å². The number of aromatic amines is 1. The van der Waals surface area contributed by atoms with Crippen molar-refractivity contribution in [3.8, 4) is 6.07 Å². The monoisotopic (exact) mass is 347 g/mol. The molecule has 1 aromatic carbocycles. The molecule has 0 spiro atoms. The van der Waals surface area contributed by atoms with Gasteiger partial charge in [0.25, 0.3) is 5.91 Å². The van der Waals surface area contributed by atoms with Crippen LogP contribution in [0.15, 0.2) is 29.2 Å². The summed E-state index contributed by atoms with van der Waals surface area (Å²) >= 11 is 0. The smallest absolute Gasteiger partial charge is 0.255 e. The fourth-order valence-corrected chi connectivity index (χ4v) is 3.06. The van der Waals surface area contributed by atoms with Gasteiger partial charge in [0.05, 0.1) is 28.0 Å². The van der Waals surface area contributed by atoms with Crippen molar-refractivity contribution in [3.05, 3.63) is 41.2 Å². The summed E-state index contributed by atoms with van der Waals surface area (Å²) in [5.41, 5.74) is 2.34. The molecule has 9 heteroatoms. The first-order valence-corrected chi connectivity index (χ1v) is 8.63. The molecule has 0 bridgehead atoms. The molecule has 1 aromatic heterocycles. The molecule has 2 rings (SSSR count). The molecule has 0 fully saturated rings. The average molecular weight is 347 g/mol. The summed E-state index contributed by atoms with van der Waals surface area (Å²) in [7, 11) is -3.69. The van der Waals surface area contributed by atoms with Gasteiger partial charge in [0.2, 0.25) is 10.0 Å². The summed E-state index contributed by atoms with van der Waals surface area (Å²) in [5, 5.41) is 17.9. The van der Waals surface area contributed by atoms with Crippen molar-refractivity contribution >= 4 is 21.6 Å². The normalized spacial score (nSPS) is 11.0. The first kappa shape index (κ1) is 17.7. The molecule has 126 valence electrons. The summed E-state index contributed by atoms with van der Waals surface area (Å²) in [6.07, 6.45) is 0.0864. The lowest BCUT2D eigenvalue weighted by molar-refractivity contribution is 0.102. The molecular weight excluding hydrogens is 330 g/mol. The van der Waals surface area contributed by atoms with Gasteiger partial charge in [-0.1, -0.05) is 0 Å². The Morgan fingerprint density at radius 3 is 2.50 bits per heavy atom. The molecule has 0 atom stereocenters. The number of nitriles is 1. The van der Waals surface area contributed by atoms with Gasteiger partial charge in [0.1, 0.15) is 0 Å². The highest BCUT2D eigenvalue weighted by Crippen LogP contribution is 2.18. The van der Waals surface area contributed by atoms with E-state index in [-0.39, 0.29) is 23.8 Å². The third-order valence-corrected chi connectivity index (χ3v) is 4.80. The lowest BCUT2D eigenvalue weighted by Crippen LogP contribution is -2.24. The molecule has 0 aliphatic rings. The summed E-state index contributed by atoms with van der Waals surface area (Å²) < 4.78 is 26.3. The third kappa shape index (κ3) is 3.98. The van der Waals surface area contributed by atoms with E-state index in [1.54, 1.807) is 13.8 Å². The van der Waals surface area contributed by atoms with E-state index in [2.05, 4.69) is 20.2 Å². The second-order valence-electron chi connectivity index (χ2n) is 5.09. The van der Waals surface area contributed by atoms with Gasteiger partial charge in [0, 0.05) is 18.5 Å². The van der Waals surface area contributed by atoms with E-state index in [9.17, 15) is 13.2 Å². The van der Waals surface area contributed by atoms with Crippen molar-refractivity contribution < 1.29 is 13.2 Å². The number of hydrogen-bond acceptors (Lipinski definition) is 5. The predicted octanol–water partition coefficient (Wildman–Crippen LogP) is 1.47. The molecule has 1 amide bonds. The SMILES string of the molecule is Cc1n[nH]c(C)c1NC(=O)c1ccc(S(=O)(=O)NCCC#N)cc1. The molecular formula is C15H17N5O3S. The Morgan fingerprint density at radius 2 is 1.96 bits per heavy atom. The highest BCUT2D eigenvalue weighted by molar-refractivity contribution is 7.89. The number of anilines is 1. The van der Waals surface area contributed by atoms with Gasteiger partial charge in [-0.2, -0.15) is 10.4 Å². The average Bonchev–Trinajstić information content (AvgIpc) is 2.87. The standard InChI is InChI=1S/C15H17N5O3S/c1-10-14(11(2)20-19-10)18-15(21)12-4-6-13(7-5-12)24(22,23)17-9-3-8-16/h4-7,17H,3,9H2,1-2H3,(H,18,21)(H,19,20). The number of amides is 1. The van der Waals surface area contributed by atoms with Gasteiger partial charge in [-0.15, -0.1) is 0 Å². The van der Waals surface area contributed by atoms with E-state index >= 15 is 0 Å². The van der Waals surface area contributed by atoms with Gasteiger partial charge in [0.15, 0.2) is 0 Å². The molecule has 0 aliphatic carbocycles. The van der Waals surface area contributed by atoms with Crippen LogP contribution in [0.2, 0.25) is 0 Å². The molecule has 1 heterocycles. The minimum atomic E-state index is -3.69. The van der Waals surface area contributed by atoms with Crippen LogP contribution in [0.5, 0.6) is 0 Å². The Kier molecular flexibility index (Phi) is 5.33. The van der Waals surface area contributed by atoms with Gasteiger partial charge in [-0.05, 0) is 38.1 Å². The van der Waals surface area contributed by atoms with Crippen LogP contribution in [0.4, 0.5) is 5.69 Å². The lowest BCUT2D eigenvalue weighted by atomic mass is 10.2. The number of nitrogens with zero attached hydrogens (tertiary/aromatic N) is 2. The number of aryl methyl sites for hydroxylation is 2. The zero-order chi connectivity index (χ0) is 17.7. The fourth-order valence-electron chi connectivity index (χ4n) is 2.03. The third-order valence-electron chi connectivity index (χ3n) is 3.32. The first-order valence-electron chi connectivity index (χ1n) is 7.15. The van der Waals surface area contributed by atoms with E-state index < -0.39 is 10.0 Å². The van der Waals surface area contributed by atoms with Crippen LogP contribution in [0, 0.1) is 25.2 Å². The van der Waals surface area contributed by atoms with Crippen LogP contribution in [0.25, 0.3) is 0 Å². The number of nitrogens with one attached hydrogen (secondary N) is 3. The summed E-state index contributed by atoms with van der Waals surface area (Å²) in [6.45, 7) is 3.60. The number of benzene rings is 1. The van der Waals surface area contributed by atoms with Gasteiger partial charge in [-0.25, -0.2) is 13.1 Å². The highest BCUT2D eigenvalue weighted by Gasteiger charge is 2.16. The number of aromatic nitrogens is 2. The molecule has 0 saturated heterocycles. The Bertz CT molecular complexity index is 859. The van der Waals surface area contributed by atoms with E-state index in [1.807, 2.05) is 6.07 Å². The van der Waals surface area contributed by atoms with Crippen LogP contribution < -0.4 is 10.0 Å². The van der Waals surface area contributed by atoms with Gasteiger partial charge < -0.3 is 5.32 Å². The Labute approximate surface area is 139 Å². The number of hydrogen-bond donors (Lipinski definition) is 3. The summed E-state index contributed by atoms with van der Waals surface area (Å²) in [4.78, 5) is 12.3. The van der Waals surface area contributed by atoms with Crippen LogP contribution >= 0.6 is 0 Å². The quantitative estimate of drug-likeness (QED) is 0.682. The molecule has 0 unspecified atom stereocenters. The zero-order valence-electron chi connectivity index (χ0n) is 13.3. The van der Waals surface area contributed by atoms with Crippen LogP contribution in [0.3, 0.4) is 0 Å². The molecule has 3 N–H and O–H groups in total. The molecule has 2 aromatic rings. The van der Waals surface area contributed by atoms with Crippen LogP contribution in [0.1, 0.15) is 28.2 Å².